The lowest BCUT2D eigenvalue weighted by atomic mass is 10.2. The van der Waals surface area contributed by atoms with Crippen LogP contribution in [0.5, 0.6) is 0 Å². The summed E-state index contributed by atoms with van der Waals surface area (Å²) >= 11 is 0. The van der Waals surface area contributed by atoms with Crippen LogP contribution in [0.1, 0.15) is 13.8 Å². The molecule has 4 nitrogen and oxygen atoms in total. The average molecular weight is 181 g/mol. The highest BCUT2D eigenvalue weighted by molar-refractivity contribution is 5.61. The fourth-order valence-corrected chi connectivity index (χ4v) is 1.07. The predicted molar refractivity (Wildman–Crippen MR) is 50.3 cm³/mol. The van der Waals surface area contributed by atoms with Crippen molar-refractivity contribution in [2.75, 3.05) is 5.32 Å². The molecule has 1 aromatic carbocycles. The van der Waals surface area contributed by atoms with Gasteiger partial charge in [0, 0.05) is 12.1 Å². The summed E-state index contributed by atoms with van der Waals surface area (Å²) in [6.07, 6.45) is 0. The molecule has 0 saturated carbocycles. The topological polar surface area (TPSA) is 52.3 Å². The van der Waals surface area contributed by atoms with Gasteiger partial charge in [0.05, 0.1) is 4.91 Å². The molecule has 0 saturated heterocycles. The summed E-state index contributed by atoms with van der Waals surface area (Å²) in [5.74, 6) is 0. The second kappa shape index (κ2) is 3.89. The maximum atomic E-state index is 10.7. The van der Waals surface area contributed by atoms with Crippen molar-refractivity contribution >= 4 is 11.4 Å². The first-order valence-electron chi connectivity index (χ1n) is 4.13. The Labute approximate surface area is 76.7 Å². The van der Waals surface area contributed by atoms with E-state index >= 15 is 0 Å². The van der Waals surface area contributed by atoms with Crippen LogP contribution in [0, 0.1) is 4.91 Å². The second-order valence-electron chi connectivity index (χ2n) is 3.09. The number of hydrogen-bond donors (Lipinski definition) is 2. The van der Waals surface area contributed by atoms with Gasteiger partial charge in [-0.3, -0.25) is 0 Å². The highest BCUT2D eigenvalue weighted by Gasteiger charge is 2.17. The fraction of sp³-hybridized carbons (Fsp3) is 0.333. The molecule has 0 radical (unpaired) electrons. The smallest absolute Gasteiger partial charge is 0.339 e. The number of nitrogens with zero attached hydrogens (tertiary/aromatic N) is 1. The summed E-state index contributed by atoms with van der Waals surface area (Å²) in [4.78, 5) is 10.5. The van der Waals surface area contributed by atoms with Crippen LogP contribution in [0.25, 0.3) is 0 Å². The Hall–Kier alpha value is -1.58. The highest BCUT2D eigenvalue weighted by Crippen LogP contribution is 2.22. The number of hydrogen-bond acceptors (Lipinski definition) is 2. The minimum Gasteiger partial charge on any atom is -0.377 e. The molecule has 70 valence electrons. The lowest BCUT2D eigenvalue weighted by Crippen LogP contribution is -2.11. The summed E-state index contributed by atoms with van der Waals surface area (Å²) in [6.45, 7) is 3.92. The van der Waals surface area contributed by atoms with Crippen molar-refractivity contribution in [1.29, 1.82) is 0 Å². The first-order valence-corrected chi connectivity index (χ1v) is 4.13. The van der Waals surface area contributed by atoms with E-state index in [1.807, 2.05) is 13.8 Å². The maximum absolute atomic E-state index is 10.7. The summed E-state index contributed by atoms with van der Waals surface area (Å²) in [7, 11) is 0. The molecule has 0 heterocycles. The Morgan fingerprint density at radius 2 is 2.00 bits per heavy atom. The van der Waals surface area contributed by atoms with Crippen LogP contribution in [-0.2, 0) is 0 Å². The van der Waals surface area contributed by atoms with E-state index < -0.39 is 0 Å². The molecular weight excluding hydrogens is 168 g/mol. The molecule has 0 aromatic heterocycles. The van der Waals surface area contributed by atoms with E-state index in [4.69, 9.17) is 5.21 Å². The predicted octanol–water partition coefficient (Wildman–Crippen LogP) is 2.31. The fourth-order valence-electron chi connectivity index (χ4n) is 1.07. The molecule has 0 amide bonds. The molecule has 0 spiro atoms. The molecule has 0 bridgehead atoms. The summed E-state index contributed by atoms with van der Waals surface area (Å²) in [5.41, 5.74) is 0.867. The SMILES string of the molecule is CC(C)Nc1ccccc1[N+](=O)O. The van der Waals surface area contributed by atoms with Gasteiger partial charge in [-0.25, -0.2) is 5.21 Å². The van der Waals surface area contributed by atoms with E-state index in [0.29, 0.717) is 5.69 Å². The maximum Gasteiger partial charge on any atom is 0.339 e. The van der Waals surface area contributed by atoms with Gasteiger partial charge in [-0.2, -0.15) is 0 Å². The molecule has 4 heteroatoms. The number of para-hydroxylation sites is 2. The van der Waals surface area contributed by atoms with E-state index in [-0.39, 0.29) is 16.7 Å². The van der Waals surface area contributed by atoms with Gasteiger partial charge in [0.15, 0.2) is 0 Å². The van der Waals surface area contributed by atoms with Crippen LogP contribution in [0.3, 0.4) is 0 Å². The van der Waals surface area contributed by atoms with Crippen LogP contribution >= 0.6 is 0 Å². The monoisotopic (exact) mass is 181 g/mol. The molecule has 0 atom stereocenters. The van der Waals surface area contributed by atoms with Crippen molar-refractivity contribution in [3.05, 3.63) is 29.2 Å². The van der Waals surface area contributed by atoms with Gasteiger partial charge in [-0.15, -0.1) is 0 Å². The lowest BCUT2D eigenvalue weighted by molar-refractivity contribution is -0.729. The van der Waals surface area contributed by atoms with Gasteiger partial charge >= 0.3 is 5.69 Å². The zero-order valence-corrected chi connectivity index (χ0v) is 7.69. The lowest BCUT2D eigenvalue weighted by Gasteiger charge is -2.07. The van der Waals surface area contributed by atoms with E-state index in [1.54, 1.807) is 24.3 Å². The second-order valence-corrected chi connectivity index (χ2v) is 3.09. The summed E-state index contributed by atoms with van der Waals surface area (Å²) < 4.78 is 0. The Morgan fingerprint density at radius 3 is 2.54 bits per heavy atom. The van der Waals surface area contributed by atoms with E-state index in [0.717, 1.165) is 0 Å². The Kier molecular flexibility index (Phi) is 2.84. The van der Waals surface area contributed by atoms with Crippen LogP contribution < -0.4 is 5.32 Å². The summed E-state index contributed by atoms with van der Waals surface area (Å²) in [5, 5.41) is 11.8. The molecule has 0 aliphatic carbocycles. The first-order chi connectivity index (χ1) is 6.11. The van der Waals surface area contributed by atoms with Gasteiger partial charge in [0.25, 0.3) is 4.92 Å². The molecular formula is C9H13N2O2+. The number of nitrogens with one attached hydrogen (secondary N) is 1. The number of anilines is 1. The van der Waals surface area contributed by atoms with Crippen molar-refractivity contribution in [2.24, 2.45) is 0 Å². The molecule has 1 aromatic rings. The zero-order chi connectivity index (χ0) is 9.84. The number of rotatable bonds is 3. The van der Waals surface area contributed by atoms with Crippen LogP contribution in [-0.4, -0.2) is 16.2 Å². The minimum absolute atomic E-state index is 0.134. The molecule has 0 unspecified atom stereocenters. The average Bonchev–Trinajstić information content (AvgIpc) is 2.03. The Balaban J connectivity index is 2.98. The van der Waals surface area contributed by atoms with Crippen molar-refractivity contribution in [3.63, 3.8) is 0 Å². The van der Waals surface area contributed by atoms with E-state index in [2.05, 4.69) is 5.32 Å². The van der Waals surface area contributed by atoms with Gasteiger partial charge in [-0.05, 0) is 19.9 Å². The standard InChI is InChI=1S/C9H13N2O2/c1-7(2)10-8-5-3-4-6-9(8)11(12)13/h3-7,10H,1-2H3,(H,12,13)/q+1. The quantitative estimate of drug-likeness (QED) is 0.703. The minimum atomic E-state index is -0.134. The molecule has 13 heavy (non-hydrogen) atoms. The third-order valence-electron chi connectivity index (χ3n) is 1.55. The third kappa shape index (κ3) is 2.43. The van der Waals surface area contributed by atoms with Gasteiger partial charge in [0.1, 0.15) is 5.69 Å². The number of benzene rings is 1. The largest absolute Gasteiger partial charge is 0.377 e. The van der Waals surface area contributed by atoms with Crippen molar-refractivity contribution in [1.82, 2.24) is 0 Å². The van der Waals surface area contributed by atoms with Crippen LogP contribution in [0.15, 0.2) is 24.3 Å². The highest BCUT2D eigenvalue weighted by atomic mass is 16.6. The Bertz CT molecular complexity index is 310. The van der Waals surface area contributed by atoms with E-state index in [1.165, 1.54) is 0 Å². The molecule has 0 fully saturated rings. The molecule has 1 rings (SSSR count). The first kappa shape index (κ1) is 9.51. The van der Waals surface area contributed by atoms with E-state index in [9.17, 15) is 4.91 Å². The van der Waals surface area contributed by atoms with Crippen LogP contribution in [0.2, 0.25) is 0 Å². The molecule has 0 aliphatic rings. The Morgan fingerprint density at radius 1 is 1.38 bits per heavy atom. The third-order valence-corrected chi connectivity index (χ3v) is 1.55. The van der Waals surface area contributed by atoms with Gasteiger partial charge in [0.2, 0.25) is 0 Å². The van der Waals surface area contributed by atoms with Crippen molar-refractivity contribution in [2.45, 2.75) is 19.9 Å². The zero-order valence-electron chi connectivity index (χ0n) is 7.69. The van der Waals surface area contributed by atoms with Gasteiger partial charge in [-0.1, -0.05) is 12.1 Å². The van der Waals surface area contributed by atoms with Crippen molar-refractivity contribution in [3.8, 4) is 0 Å². The van der Waals surface area contributed by atoms with Crippen molar-refractivity contribution < 1.29 is 10.1 Å². The molecule has 0 aliphatic heterocycles. The normalized spacial score (nSPS) is 10.1. The summed E-state index contributed by atoms with van der Waals surface area (Å²) in [6, 6.07) is 7.02. The van der Waals surface area contributed by atoms with Crippen LogP contribution in [0.4, 0.5) is 11.4 Å². The van der Waals surface area contributed by atoms with Gasteiger partial charge < -0.3 is 5.32 Å². The molecule has 2 N–H and O–H groups in total.